The fourth-order valence-corrected chi connectivity index (χ4v) is 3.23. The molecule has 3 amide bonds. The van der Waals surface area contributed by atoms with Crippen LogP contribution in [0.5, 0.6) is 5.75 Å². The summed E-state index contributed by atoms with van der Waals surface area (Å²) in [6, 6.07) is 10.3. The van der Waals surface area contributed by atoms with Gasteiger partial charge in [-0.2, -0.15) is 0 Å². The molecule has 25 heavy (non-hydrogen) atoms. The average Bonchev–Trinajstić information content (AvgIpc) is 2.79. The van der Waals surface area contributed by atoms with Crippen LogP contribution in [0.25, 0.3) is 0 Å². The van der Waals surface area contributed by atoms with Crippen molar-refractivity contribution in [2.75, 3.05) is 7.11 Å². The number of nitrogens with zero attached hydrogens (tertiary/aromatic N) is 1. The molecular formula is C18H16ClFN2O3. The smallest absolute Gasteiger partial charge is 0.325 e. The van der Waals surface area contributed by atoms with Crippen molar-refractivity contribution in [3.63, 3.8) is 0 Å². The normalized spacial score (nSPS) is 19.9. The molecular weight excluding hydrogens is 347 g/mol. The van der Waals surface area contributed by atoms with Gasteiger partial charge in [-0.15, -0.1) is 0 Å². The van der Waals surface area contributed by atoms with Crippen molar-refractivity contribution in [2.24, 2.45) is 0 Å². The van der Waals surface area contributed by atoms with Gasteiger partial charge in [-0.1, -0.05) is 29.8 Å². The lowest BCUT2D eigenvalue weighted by Gasteiger charge is -2.23. The number of hydrogen-bond donors (Lipinski definition) is 1. The summed E-state index contributed by atoms with van der Waals surface area (Å²) in [6.45, 7) is 1.65. The number of nitrogens with one attached hydrogen (secondary N) is 1. The second-order valence-corrected chi connectivity index (χ2v) is 6.33. The molecule has 0 bridgehead atoms. The van der Waals surface area contributed by atoms with Crippen molar-refractivity contribution in [1.29, 1.82) is 0 Å². The summed E-state index contributed by atoms with van der Waals surface area (Å²) in [6.07, 6.45) is 0. The number of rotatable bonds is 4. The molecule has 3 rings (SSSR count). The standard InChI is InChI=1S/C18H16ClFN2O3/c1-18(14-7-6-12(20)9-15(14)19)16(23)22(17(24)21-18)10-11-4-3-5-13(8-11)25-2/h3-9H,10H2,1-2H3,(H,21,24). The van der Waals surface area contributed by atoms with E-state index in [1.807, 2.05) is 0 Å². The number of halogens is 2. The van der Waals surface area contributed by atoms with Crippen LogP contribution in [0.3, 0.4) is 0 Å². The maximum Gasteiger partial charge on any atom is 0.325 e. The minimum atomic E-state index is -1.35. The molecule has 2 aromatic rings. The SMILES string of the molecule is COc1cccc(CN2C(=O)NC(C)(c3ccc(F)cc3Cl)C2=O)c1. The molecule has 130 valence electrons. The zero-order valence-electron chi connectivity index (χ0n) is 13.7. The highest BCUT2D eigenvalue weighted by Crippen LogP contribution is 2.34. The van der Waals surface area contributed by atoms with E-state index >= 15 is 0 Å². The third kappa shape index (κ3) is 3.05. The Kier molecular flexibility index (Phi) is 4.39. The number of urea groups is 1. The number of methoxy groups -OCH3 is 1. The van der Waals surface area contributed by atoms with Gasteiger partial charge in [0.1, 0.15) is 17.1 Å². The summed E-state index contributed by atoms with van der Waals surface area (Å²) >= 11 is 6.08. The van der Waals surface area contributed by atoms with Gasteiger partial charge in [0.15, 0.2) is 0 Å². The summed E-state index contributed by atoms with van der Waals surface area (Å²) < 4.78 is 18.4. The largest absolute Gasteiger partial charge is 0.497 e. The molecule has 1 saturated heterocycles. The van der Waals surface area contributed by atoms with Crippen molar-refractivity contribution in [1.82, 2.24) is 10.2 Å². The van der Waals surface area contributed by atoms with Crippen LogP contribution in [0.4, 0.5) is 9.18 Å². The van der Waals surface area contributed by atoms with Gasteiger partial charge in [0.2, 0.25) is 0 Å². The van der Waals surface area contributed by atoms with Crippen molar-refractivity contribution in [3.05, 3.63) is 64.4 Å². The fourth-order valence-electron chi connectivity index (χ4n) is 2.87. The van der Waals surface area contributed by atoms with E-state index in [0.29, 0.717) is 11.3 Å². The van der Waals surface area contributed by atoms with E-state index in [1.165, 1.54) is 12.1 Å². The van der Waals surface area contributed by atoms with E-state index in [9.17, 15) is 14.0 Å². The minimum absolute atomic E-state index is 0.0828. The Hall–Kier alpha value is -2.60. The lowest BCUT2D eigenvalue weighted by atomic mass is 9.92. The van der Waals surface area contributed by atoms with Gasteiger partial charge in [-0.05, 0) is 36.8 Å². The Morgan fingerprint density at radius 2 is 2.00 bits per heavy atom. The first-order valence-corrected chi connectivity index (χ1v) is 7.95. The molecule has 1 fully saturated rings. The van der Waals surface area contributed by atoms with Crippen LogP contribution in [0, 0.1) is 5.82 Å². The Balaban J connectivity index is 1.91. The molecule has 2 aromatic carbocycles. The molecule has 1 unspecified atom stereocenters. The van der Waals surface area contributed by atoms with Gasteiger partial charge < -0.3 is 10.1 Å². The van der Waals surface area contributed by atoms with Gasteiger partial charge in [0.05, 0.1) is 13.7 Å². The summed E-state index contributed by atoms with van der Waals surface area (Å²) in [5.41, 5.74) is -0.250. The van der Waals surface area contributed by atoms with E-state index in [4.69, 9.17) is 16.3 Å². The Labute approximate surface area is 149 Å². The van der Waals surface area contributed by atoms with Gasteiger partial charge in [-0.25, -0.2) is 9.18 Å². The maximum absolute atomic E-state index is 13.3. The number of carbonyl (C=O) groups is 2. The fraction of sp³-hybridized carbons (Fsp3) is 0.222. The molecule has 1 aliphatic heterocycles. The van der Waals surface area contributed by atoms with Crippen LogP contribution in [0.1, 0.15) is 18.1 Å². The molecule has 1 aliphatic rings. The molecule has 0 saturated carbocycles. The summed E-state index contributed by atoms with van der Waals surface area (Å²) in [5, 5.41) is 2.74. The van der Waals surface area contributed by atoms with Crippen LogP contribution in [-0.2, 0) is 16.9 Å². The highest BCUT2D eigenvalue weighted by molar-refractivity contribution is 6.32. The molecule has 0 spiro atoms. The Morgan fingerprint density at radius 1 is 1.24 bits per heavy atom. The van der Waals surface area contributed by atoms with Crippen molar-refractivity contribution in [3.8, 4) is 5.75 Å². The van der Waals surface area contributed by atoms with Crippen LogP contribution >= 0.6 is 11.6 Å². The van der Waals surface area contributed by atoms with E-state index in [1.54, 1.807) is 38.3 Å². The summed E-state index contributed by atoms with van der Waals surface area (Å²) in [4.78, 5) is 26.4. The number of amides is 3. The van der Waals surface area contributed by atoms with Crippen molar-refractivity contribution in [2.45, 2.75) is 19.0 Å². The predicted molar refractivity (Wildman–Crippen MR) is 90.8 cm³/mol. The van der Waals surface area contributed by atoms with E-state index < -0.39 is 23.3 Å². The molecule has 7 heteroatoms. The predicted octanol–water partition coefficient (Wildman–Crippen LogP) is 3.45. The highest BCUT2D eigenvalue weighted by atomic mass is 35.5. The zero-order valence-corrected chi connectivity index (χ0v) is 14.4. The third-order valence-corrected chi connectivity index (χ3v) is 4.53. The lowest BCUT2D eigenvalue weighted by molar-refractivity contribution is -0.131. The summed E-state index contributed by atoms with van der Waals surface area (Å²) in [5.74, 6) is -0.329. The summed E-state index contributed by atoms with van der Waals surface area (Å²) in [7, 11) is 1.54. The first-order chi connectivity index (χ1) is 11.8. The van der Waals surface area contributed by atoms with Crippen molar-refractivity contribution < 1.29 is 18.7 Å². The maximum atomic E-state index is 13.3. The number of imide groups is 1. The van der Waals surface area contributed by atoms with Crippen LogP contribution in [-0.4, -0.2) is 23.9 Å². The first-order valence-electron chi connectivity index (χ1n) is 7.57. The van der Waals surface area contributed by atoms with E-state index in [0.717, 1.165) is 16.5 Å². The highest BCUT2D eigenvalue weighted by Gasteiger charge is 2.49. The molecule has 1 heterocycles. The van der Waals surface area contributed by atoms with Gasteiger partial charge in [0, 0.05) is 10.6 Å². The first kappa shape index (κ1) is 17.2. The van der Waals surface area contributed by atoms with Crippen LogP contribution in [0.2, 0.25) is 5.02 Å². The molecule has 1 atom stereocenters. The van der Waals surface area contributed by atoms with Gasteiger partial charge in [0.25, 0.3) is 5.91 Å². The molecule has 5 nitrogen and oxygen atoms in total. The van der Waals surface area contributed by atoms with Crippen molar-refractivity contribution >= 4 is 23.5 Å². The molecule has 0 aliphatic carbocycles. The monoisotopic (exact) mass is 362 g/mol. The number of carbonyl (C=O) groups excluding carboxylic acids is 2. The number of ether oxygens (including phenoxy) is 1. The Morgan fingerprint density at radius 3 is 2.68 bits per heavy atom. The quantitative estimate of drug-likeness (QED) is 0.847. The van der Waals surface area contributed by atoms with Crippen LogP contribution in [0.15, 0.2) is 42.5 Å². The topological polar surface area (TPSA) is 58.6 Å². The molecule has 0 radical (unpaired) electrons. The van der Waals surface area contributed by atoms with Crippen LogP contribution < -0.4 is 10.1 Å². The third-order valence-electron chi connectivity index (χ3n) is 4.22. The molecule has 1 N–H and O–H groups in total. The lowest BCUT2D eigenvalue weighted by Crippen LogP contribution is -2.41. The molecule has 0 aromatic heterocycles. The second-order valence-electron chi connectivity index (χ2n) is 5.92. The number of hydrogen-bond acceptors (Lipinski definition) is 3. The van der Waals surface area contributed by atoms with E-state index in [2.05, 4.69) is 5.32 Å². The van der Waals surface area contributed by atoms with Gasteiger partial charge >= 0.3 is 6.03 Å². The van der Waals surface area contributed by atoms with E-state index in [-0.39, 0.29) is 11.6 Å². The van der Waals surface area contributed by atoms with Gasteiger partial charge in [-0.3, -0.25) is 9.69 Å². The number of benzene rings is 2. The Bertz CT molecular complexity index is 858. The second kappa shape index (κ2) is 6.37. The average molecular weight is 363 g/mol. The zero-order chi connectivity index (χ0) is 18.2. The minimum Gasteiger partial charge on any atom is -0.497 e.